The lowest BCUT2D eigenvalue weighted by Crippen LogP contribution is -2.30. The second-order valence-corrected chi connectivity index (χ2v) is 9.82. The Morgan fingerprint density at radius 2 is 1.90 bits per heavy atom. The third-order valence-corrected chi connectivity index (χ3v) is 6.84. The number of anilines is 1. The molecule has 1 heterocycles. The highest BCUT2D eigenvalue weighted by atomic mass is 79.9. The quantitative estimate of drug-likeness (QED) is 0.444. The molecule has 0 saturated carbocycles. The number of carbonyl (C=O) groups is 1. The molecule has 0 radical (unpaired) electrons. The molecule has 3 aromatic rings. The highest BCUT2D eigenvalue weighted by molar-refractivity contribution is 9.10. The first-order valence-corrected chi connectivity index (χ1v) is 11.9. The molecule has 0 bridgehead atoms. The third kappa shape index (κ3) is 5.56. The van der Waals surface area contributed by atoms with E-state index in [0.717, 1.165) is 9.35 Å². The van der Waals surface area contributed by atoms with Crippen LogP contribution in [0.25, 0.3) is 0 Å². The number of benzene rings is 2. The summed E-state index contributed by atoms with van der Waals surface area (Å²) in [6.07, 6.45) is 1.67. The van der Waals surface area contributed by atoms with Crippen molar-refractivity contribution in [2.75, 3.05) is 11.3 Å². The third-order valence-electron chi connectivity index (χ3n) is 4.05. The Balaban J connectivity index is 1.81. The van der Waals surface area contributed by atoms with Crippen molar-refractivity contribution < 1.29 is 13.2 Å². The topological polar surface area (TPSA) is 66.5 Å². The molecule has 0 aliphatic heterocycles. The molecule has 1 amide bonds. The predicted octanol–water partition coefficient (Wildman–Crippen LogP) is 5.14. The van der Waals surface area contributed by atoms with Crippen LogP contribution in [0, 0.1) is 0 Å². The first-order chi connectivity index (χ1) is 13.9. The first-order valence-electron chi connectivity index (χ1n) is 8.70. The van der Waals surface area contributed by atoms with Crippen molar-refractivity contribution in [1.82, 2.24) is 4.90 Å². The molecule has 3 rings (SSSR count). The van der Waals surface area contributed by atoms with Gasteiger partial charge in [0.25, 0.3) is 15.9 Å². The molecule has 29 heavy (non-hydrogen) atoms. The summed E-state index contributed by atoms with van der Waals surface area (Å²) >= 11 is 4.86. The molecule has 1 aromatic heterocycles. The number of hydrogen-bond acceptors (Lipinski definition) is 4. The summed E-state index contributed by atoms with van der Waals surface area (Å²) in [5.41, 5.74) is 0.729. The zero-order chi connectivity index (χ0) is 20.9. The van der Waals surface area contributed by atoms with Crippen LogP contribution < -0.4 is 4.72 Å². The zero-order valence-electron chi connectivity index (χ0n) is 15.4. The van der Waals surface area contributed by atoms with Crippen molar-refractivity contribution in [3.05, 3.63) is 93.6 Å². The van der Waals surface area contributed by atoms with Crippen LogP contribution in [0.4, 0.5) is 5.69 Å². The second kappa shape index (κ2) is 9.39. The average Bonchev–Trinajstić information content (AvgIpc) is 3.20. The van der Waals surface area contributed by atoms with E-state index in [4.69, 9.17) is 0 Å². The van der Waals surface area contributed by atoms with Crippen molar-refractivity contribution in [2.24, 2.45) is 0 Å². The summed E-state index contributed by atoms with van der Waals surface area (Å²) in [6.45, 7) is 4.59. The highest BCUT2D eigenvalue weighted by Crippen LogP contribution is 2.21. The molecule has 0 fully saturated rings. The molecule has 0 saturated heterocycles. The van der Waals surface area contributed by atoms with Crippen LogP contribution in [-0.4, -0.2) is 25.8 Å². The van der Waals surface area contributed by atoms with E-state index < -0.39 is 10.0 Å². The largest absolute Gasteiger partial charge is 0.330 e. The van der Waals surface area contributed by atoms with E-state index >= 15 is 0 Å². The van der Waals surface area contributed by atoms with Crippen LogP contribution in [0.2, 0.25) is 0 Å². The van der Waals surface area contributed by atoms with E-state index in [0.29, 0.717) is 24.3 Å². The number of carbonyl (C=O) groups excluding carboxylic acids is 1. The standard InChI is InChI=1S/C21H19BrN2O3S2/c1-2-12-24(15-19-7-4-13-28-19)21(25)16-5-3-6-18(14-16)23-29(26,27)20-10-8-17(22)9-11-20/h2-11,13-14,23H,1,12,15H2. The van der Waals surface area contributed by atoms with Crippen LogP contribution >= 0.6 is 27.3 Å². The molecule has 0 atom stereocenters. The maximum atomic E-state index is 13.0. The van der Waals surface area contributed by atoms with Gasteiger partial charge in [0.2, 0.25) is 0 Å². The Bertz CT molecular complexity index is 1100. The van der Waals surface area contributed by atoms with Crippen LogP contribution in [-0.2, 0) is 16.6 Å². The number of sulfonamides is 1. The summed E-state index contributed by atoms with van der Waals surface area (Å²) in [4.78, 5) is 15.9. The van der Waals surface area contributed by atoms with Gasteiger partial charge in [0, 0.05) is 27.1 Å². The van der Waals surface area contributed by atoms with E-state index in [1.54, 1.807) is 58.7 Å². The molecular formula is C21H19BrN2O3S2. The second-order valence-electron chi connectivity index (χ2n) is 6.19. The molecule has 5 nitrogen and oxygen atoms in total. The van der Waals surface area contributed by atoms with Crippen molar-refractivity contribution in [2.45, 2.75) is 11.4 Å². The maximum absolute atomic E-state index is 13.0. The maximum Gasteiger partial charge on any atom is 0.261 e. The van der Waals surface area contributed by atoms with Gasteiger partial charge >= 0.3 is 0 Å². The van der Waals surface area contributed by atoms with Gasteiger partial charge in [0.05, 0.1) is 11.4 Å². The number of rotatable bonds is 8. The van der Waals surface area contributed by atoms with E-state index in [1.165, 1.54) is 12.1 Å². The van der Waals surface area contributed by atoms with Gasteiger partial charge in [-0.25, -0.2) is 8.42 Å². The van der Waals surface area contributed by atoms with Crippen molar-refractivity contribution in [3.63, 3.8) is 0 Å². The SMILES string of the molecule is C=CCN(Cc1cccs1)C(=O)c1cccc(NS(=O)(=O)c2ccc(Br)cc2)c1. The Morgan fingerprint density at radius 1 is 1.14 bits per heavy atom. The molecule has 1 N–H and O–H groups in total. The fourth-order valence-corrected chi connectivity index (χ4v) is 4.73. The summed E-state index contributed by atoms with van der Waals surface area (Å²) in [5.74, 6) is -0.192. The predicted molar refractivity (Wildman–Crippen MR) is 121 cm³/mol. The van der Waals surface area contributed by atoms with Gasteiger partial charge in [-0.15, -0.1) is 17.9 Å². The summed E-state index contributed by atoms with van der Waals surface area (Å²) in [5, 5.41) is 1.96. The number of halogens is 1. The van der Waals surface area contributed by atoms with E-state index in [1.807, 2.05) is 17.5 Å². The van der Waals surface area contributed by atoms with Gasteiger partial charge in [0.15, 0.2) is 0 Å². The van der Waals surface area contributed by atoms with Gasteiger partial charge in [-0.05, 0) is 53.9 Å². The lowest BCUT2D eigenvalue weighted by Gasteiger charge is -2.21. The number of hydrogen-bond donors (Lipinski definition) is 1. The van der Waals surface area contributed by atoms with E-state index in [2.05, 4.69) is 27.2 Å². The van der Waals surface area contributed by atoms with E-state index in [-0.39, 0.29) is 10.8 Å². The Hall–Kier alpha value is -2.42. The first kappa shape index (κ1) is 21.3. The Labute approximate surface area is 182 Å². The molecule has 150 valence electrons. The highest BCUT2D eigenvalue weighted by Gasteiger charge is 2.18. The van der Waals surface area contributed by atoms with E-state index in [9.17, 15) is 13.2 Å². The Kier molecular flexibility index (Phi) is 6.89. The van der Waals surface area contributed by atoms with Crippen molar-refractivity contribution >= 4 is 48.9 Å². The molecule has 0 aliphatic carbocycles. The molecule has 8 heteroatoms. The lowest BCUT2D eigenvalue weighted by atomic mass is 10.1. The minimum atomic E-state index is -3.75. The normalized spacial score (nSPS) is 11.1. The van der Waals surface area contributed by atoms with Crippen LogP contribution in [0.3, 0.4) is 0 Å². The van der Waals surface area contributed by atoms with Crippen molar-refractivity contribution in [1.29, 1.82) is 0 Å². The van der Waals surface area contributed by atoms with Gasteiger partial charge in [-0.1, -0.05) is 34.1 Å². The van der Waals surface area contributed by atoms with Gasteiger partial charge in [-0.2, -0.15) is 0 Å². The number of amides is 1. The number of nitrogens with zero attached hydrogens (tertiary/aromatic N) is 1. The monoisotopic (exact) mass is 490 g/mol. The lowest BCUT2D eigenvalue weighted by molar-refractivity contribution is 0.0764. The minimum absolute atomic E-state index is 0.142. The van der Waals surface area contributed by atoms with Gasteiger partial charge < -0.3 is 4.90 Å². The molecule has 2 aromatic carbocycles. The summed E-state index contributed by atoms with van der Waals surface area (Å²) < 4.78 is 28.5. The molecule has 0 spiro atoms. The summed E-state index contributed by atoms with van der Waals surface area (Å²) in [7, 11) is -3.75. The zero-order valence-corrected chi connectivity index (χ0v) is 18.6. The minimum Gasteiger partial charge on any atom is -0.330 e. The molecule has 0 unspecified atom stereocenters. The Morgan fingerprint density at radius 3 is 2.55 bits per heavy atom. The van der Waals surface area contributed by atoms with Crippen LogP contribution in [0.15, 0.2) is 88.1 Å². The number of nitrogens with one attached hydrogen (secondary N) is 1. The molecular weight excluding hydrogens is 472 g/mol. The van der Waals surface area contributed by atoms with Crippen LogP contribution in [0.5, 0.6) is 0 Å². The number of thiophene rings is 1. The van der Waals surface area contributed by atoms with Gasteiger partial charge in [0.1, 0.15) is 0 Å². The smallest absolute Gasteiger partial charge is 0.261 e. The van der Waals surface area contributed by atoms with Crippen molar-refractivity contribution in [3.8, 4) is 0 Å². The van der Waals surface area contributed by atoms with Crippen LogP contribution in [0.1, 0.15) is 15.2 Å². The average molecular weight is 491 g/mol. The fourth-order valence-electron chi connectivity index (χ4n) is 2.69. The van der Waals surface area contributed by atoms with Gasteiger partial charge in [-0.3, -0.25) is 9.52 Å². The summed E-state index contributed by atoms with van der Waals surface area (Å²) in [6, 6.07) is 16.7. The molecule has 0 aliphatic rings. The fraction of sp³-hybridized carbons (Fsp3) is 0.0952.